The Kier molecular flexibility index (Phi) is 3.19. The van der Waals surface area contributed by atoms with Crippen molar-refractivity contribution in [3.05, 3.63) is 0 Å². The summed E-state index contributed by atoms with van der Waals surface area (Å²) in [5.41, 5.74) is 0. The Morgan fingerprint density at radius 2 is 2.23 bits per heavy atom. The van der Waals surface area contributed by atoms with E-state index in [-0.39, 0.29) is 0 Å². The predicted molar refractivity (Wildman–Crippen MR) is 50.8 cm³/mol. The van der Waals surface area contributed by atoms with Crippen LogP contribution in [-0.4, -0.2) is 50.0 Å². The van der Waals surface area contributed by atoms with Crippen LogP contribution in [0.3, 0.4) is 0 Å². The third kappa shape index (κ3) is 2.66. The summed E-state index contributed by atoms with van der Waals surface area (Å²) in [6, 6.07) is 0. The molecule has 3 nitrogen and oxygen atoms in total. The van der Waals surface area contributed by atoms with Gasteiger partial charge in [0.25, 0.3) is 0 Å². The topological polar surface area (TPSA) is 21.7 Å². The zero-order chi connectivity index (χ0) is 9.10. The molecule has 0 saturated carbocycles. The molecule has 2 saturated heterocycles. The van der Waals surface area contributed by atoms with Gasteiger partial charge in [0, 0.05) is 26.2 Å². The smallest absolute Gasteiger partial charge is 0.0702 e. The Morgan fingerprint density at radius 1 is 1.31 bits per heavy atom. The summed E-state index contributed by atoms with van der Waals surface area (Å²) in [7, 11) is 0. The molecule has 0 radical (unpaired) electrons. The monoisotopic (exact) mass is 185 g/mol. The lowest BCUT2D eigenvalue weighted by Crippen LogP contribution is -2.44. The van der Waals surface area contributed by atoms with E-state index in [1.807, 2.05) is 0 Å². The first kappa shape index (κ1) is 9.44. The van der Waals surface area contributed by atoms with E-state index < -0.39 is 0 Å². The van der Waals surface area contributed by atoms with Crippen LogP contribution in [0.25, 0.3) is 0 Å². The minimum atomic E-state index is 0.398. The van der Waals surface area contributed by atoms with Crippen LogP contribution in [0.1, 0.15) is 19.8 Å². The summed E-state index contributed by atoms with van der Waals surface area (Å²) in [4.78, 5) is 2.46. The fourth-order valence-corrected chi connectivity index (χ4v) is 2.13. The summed E-state index contributed by atoms with van der Waals surface area (Å²) in [6.07, 6.45) is 3.37. The van der Waals surface area contributed by atoms with E-state index in [1.165, 1.54) is 12.8 Å². The van der Waals surface area contributed by atoms with Crippen LogP contribution in [-0.2, 0) is 9.47 Å². The Hall–Kier alpha value is -0.120. The van der Waals surface area contributed by atoms with Crippen molar-refractivity contribution < 1.29 is 9.47 Å². The molecule has 0 unspecified atom stereocenters. The Morgan fingerprint density at radius 3 is 2.92 bits per heavy atom. The molecule has 0 spiro atoms. The molecule has 0 aromatic rings. The van der Waals surface area contributed by atoms with E-state index in [0.717, 1.165) is 32.8 Å². The van der Waals surface area contributed by atoms with Crippen molar-refractivity contribution in [3.63, 3.8) is 0 Å². The zero-order valence-electron chi connectivity index (χ0n) is 8.37. The van der Waals surface area contributed by atoms with Gasteiger partial charge in [-0.1, -0.05) is 0 Å². The van der Waals surface area contributed by atoms with Gasteiger partial charge in [0.05, 0.1) is 18.8 Å². The zero-order valence-corrected chi connectivity index (χ0v) is 8.37. The second-order valence-electron chi connectivity index (χ2n) is 4.08. The number of hydrogen-bond acceptors (Lipinski definition) is 3. The normalized spacial score (nSPS) is 36.7. The molecule has 2 aliphatic heterocycles. The average molecular weight is 185 g/mol. The minimum absolute atomic E-state index is 0.398. The van der Waals surface area contributed by atoms with Crippen LogP contribution in [0.5, 0.6) is 0 Å². The summed E-state index contributed by atoms with van der Waals surface area (Å²) in [5.74, 6) is 0. The van der Waals surface area contributed by atoms with Gasteiger partial charge in [-0.3, -0.25) is 4.90 Å². The lowest BCUT2D eigenvalue weighted by molar-refractivity contribution is -0.0346. The molecule has 0 N–H and O–H groups in total. The maximum Gasteiger partial charge on any atom is 0.0702 e. The van der Waals surface area contributed by atoms with Crippen LogP contribution in [0.4, 0.5) is 0 Å². The summed E-state index contributed by atoms with van der Waals surface area (Å²) in [5, 5.41) is 0. The molecule has 2 fully saturated rings. The highest BCUT2D eigenvalue weighted by Gasteiger charge is 2.22. The first-order valence-electron chi connectivity index (χ1n) is 5.30. The summed E-state index contributed by atoms with van der Waals surface area (Å²) >= 11 is 0. The number of hydrogen-bond donors (Lipinski definition) is 0. The van der Waals surface area contributed by atoms with Crippen molar-refractivity contribution in [2.24, 2.45) is 0 Å². The molecule has 2 rings (SSSR count). The van der Waals surface area contributed by atoms with E-state index in [1.54, 1.807) is 0 Å². The van der Waals surface area contributed by atoms with E-state index in [0.29, 0.717) is 12.2 Å². The molecule has 0 bridgehead atoms. The molecule has 0 amide bonds. The molecule has 0 aromatic heterocycles. The van der Waals surface area contributed by atoms with Crippen molar-refractivity contribution in [3.8, 4) is 0 Å². The van der Waals surface area contributed by atoms with E-state index in [2.05, 4.69) is 11.8 Å². The van der Waals surface area contributed by atoms with Crippen LogP contribution >= 0.6 is 0 Å². The number of nitrogens with zero attached hydrogens (tertiary/aromatic N) is 1. The van der Waals surface area contributed by atoms with E-state index >= 15 is 0 Å². The lowest BCUT2D eigenvalue weighted by Gasteiger charge is -2.32. The number of rotatable bonds is 2. The van der Waals surface area contributed by atoms with Gasteiger partial charge in [-0.05, 0) is 19.8 Å². The Labute approximate surface area is 80.0 Å². The van der Waals surface area contributed by atoms with E-state index in [9.17, 15) is 0 Å². The molecular weight excluding hydrogens is 166 g/mol. The van der Waals surface area contributed by atoms with Crippen LogP contribution in [0.15, 0.2) is 0 Å². The van der Waals surface area contributed by atoms with Crippen molar-refractivity contribution in [2.45, 2.75) is 32.0 Å². The maximum atomic E-state index is 5.61. The molecule has 76 valence electrons. The number of ether oxygens (including phenoxy) is 2. The standard InChI is InChI=1S/C10H19NO2/c1-9-7-11(4-6-12-9)8-10-3-2-5-13-10/h9-10H,2-8H2,1H3/t9-,10-/m1/s1. The third-order valence-electron chi connectivity index (χ3n) is 2.81. The van der Waals surface area contributed by atoms with Gasteiger partial charge in [-0.15, -0.1) is 0 Å². The minimum Gasteiger partial charge on any atom is -0.377 e. The average Bonchev–Trinajstić information content (AvgIpc) is 2.57. The van der Waals surface area contributed by atoms with Gasteiger partial charge in [0.2, 0.25) is 0 Å². The van der Waals surface area contributed by atoms with Gasteiger partial charge in [0.1, 0.15) is 0 Å². The lowest BCUT2D eigenvalue weighted by atomic mass is 10.2. The largest absolute Gasteiger partial charge is 0.377 e. The maximum absolute atomic E-state index is 5.61. The Bertz CT molecular complexity index is 157. The van der Waals surface area contributed by atoms with Crippen LogP contribution in [0.2, 0.25) is 0 Å². The van der Waals surface area contributed by atoms with Gasteiger partial charge < -0.3 is 9.47 Å². The van der Waals surface area contributed by atoms with Crippen molar-refractivity contribution in [1.29, 1.82) is 0 Å². The van der Waals surface area contributed by atoms with Gasteiger partial charge in [-0.25, -0.2) is 0 Å². The fraction of sp³-hybridized carbons (Fsp3) is 1.00. The van der Waals surface area contributed by atoms with Crippen LogP contribution in [0, 0.1) is 0 Å². The molecular formula is C10H19NO2. The molecule has 3 heteroatoms. The molecule has 2 atom stereocenters. The van der Waals surface area contributed by atoms with Gasteiger partial charge in [-0.2, -0.15) is 0 Å². The second-order valence-corrected chi connectivity index (χ2v) is 4.08. The Balaban J connectivity index is 1.73. The van der Waals surface area contributed by atoms with Gasteiger partial charge in [0.15, 0.2) is 0 Å². The molecule has 0 aromatic carbocycles. The van der Waals surface area contributed by atoms with Crippen molar-refractivity contribution in [1.82, 2.24) is 4.90 Å². The first-order chi connectivity index (χ1) is 6.34. The van der Waals surface area contributed by atoms with Gasteiger partial charge >= 0.3 is 0 Å². The van der Waals surface area contributed by atoms with Crippen LogP contribution < -0.4 is 0 Å². The SMILES string of the molecule is C[C@@H]1CN(C[C@H]2CCCO2)CCO1. The number of morpholine rings is 1. The van der Waals surface area contributed by atoms with Crippen molar-refractivity contribution >= 4 is 0 Å². The third-order valence-corrected chi connectivity index (χ3v) is 2.81. The fourth-order valence-electron chi connectivity index (χ4n) is 2.13. The highest BCUT2D eigenvalue weighted by Crippen LogP contribution is 2.14. The quantitative estimate of drug-likeness (QED) is 0.637. The van der Waals surface area contributed by atoms with E-state index in [4.69, 9.17) is 9.47 Å². The molecule has 13 heavy (non-hydrogen) atoms. The summed E-state index contributed by atoms with van der Waals surface area (Å²) in [6.45, 7) is 7.23. The highest BCUT2D eigenvalue weighted by molar-refractivity contribution is 4.74. The predicted octanol–water partition coefficient (Wildman–Crippen LogP) is 0.886. The first-order valence-corrected chi connectivity index (χ1v) is 5.30. The highest BCUT2D eigenvalue weighted by atomic mass is 16.5. The molecule has 0 aliphatic carbocycles. The molecule has 2 heterocycles. The molecule has 2 aliphatic rings. The summed E-state index contributed by atoms with van der Waals surface area (Å²) < 4.78 is 11.1. The van der Waals surface area contributed by atoms with Crippen molar-refractivity contribution in [2.75, 3.05) is 32.8 Å². The second kappa shape index (κ2) is 4.40.